The fourth-order valence-electron chi connectivity index (χ4n) is 4.04. The Morgan fingerprint density at radius 3 is 2.40 bits per heavy atom. The summed E-state index contributed by atoms with van der Waals surface area (Å²) >= 11 is 6.21. The standard InChI is InChI=1S/C25H30ClN3O/c1-6-15-29-22(16-20-13-14-21(26)17-24(20)29)11-9-10-12-23-18(4)27(7-2)19(5)28(8-3)25(23)30/h9-14,17H,4-8,15-16H2,1-3H3/b10-9+,22-11+,23-12-. The molecule has 0 atom stereocenters. The molecule has 1 fully saturated rings. The fourth-order valence-corrected chi connectivity index (χ4v) is 4.20. The molecule has 1 aromatic carbocycles. The van der Waals surface area contributed by atoms with E-state index in [4.69, 9.17) is 11.6 Å². The Hall–Kier alpha value is -2.72. The zero-order valence-electron chi connectivity index (χ0n) is 18.1. The van der Waals surface area contributed by atoms with Crippen LogP contribution >= 0.6 is 11.6 Å². The van der Waals surface area contributed by atoms with Gasteiger partial charge in [0.2, 0.25) is 0 Å². The molecule has 4 nitrogen and oxygen atoms in total. The van der Waals surface area contributed by atoms with E-state index in [1.807, 2.05) is 49.1 Å². The van der Waals surface area contributed by atoms with Crippen LogP contribution in [0.25, 0.3) is 0 Å². The van der Waals surface area contributed by atoms with E-state index < -0.39 is 0 Å². The van der Waals surface area contributed by atoms with Crippen molar-refractivity contribution < 1.29 is 4.79 Å². The maximum atomic E-state index is 12.8. The molecule has 2 aliphatic rings. The Balaban J connectivity index is 1.84. The van der Waals surface area contributed by atoms with Gasteiger partial charge in [-0.2, -0.15) is 0 Å². The molecular weight excluding hydrogens is 394 g/mol. The van der Waals surface area contributed by atoms with Gasteiger partial charge in [-0.05, 0) is 50.1 Å². The van der Waals surface area contributed by atoms with Crippen molar-refractivity contribution in [2.75, 3.05) is 24.5 Å². The lowest BCUT2D eigenvalue weighted by atomic mass is 10.1. The second-order valence-electron chi connectivity index (χ2n) is 7.38. The zero-order chi connectivity index (χ0) is 21.8. The number of carbonyl (C=O) groups is 1. The van der Waals surface area contributed by atoms with Gasteiger partial charge < -0.3 is 9.80 Å². The Morgan fingerprint density at radius 1 is 1.03 bits per heavy atom. The van der Waals surface area contributed by atoms with Crippen LogP contribution in [0.2, 0.25) is 5.02 Å². The predicted molar refractivity (Wildman–Crippen MR) is 126 cm³/mol. The number of allylic oxidation sites excluding steroid dienone is 5. The first-order chi connectivity index (χ1) is 14.4. The van der Waals surface area contributed by atoms with Gasteiger partial charge in [0.25, 0.3) is 5.91 Å². The number of amides is 1. The van der Waals surface area contributed by atoms with E-state index in [-0.39, 0.29) is 5.91 Å². The Bertz CT molecular complexity index is 929. The maximum absolute atomic E-state index is 12.8. The van der Waals surface area contributed by atoms with E-state index >= 15 is 0 Å². The molecule has 0 saturated carbocycles. The minimum atomic E-state index is -0.0509. The highest BCUT2D eigenvalue weighted by molar-refractivity contribution is 6.30. The van der Waals surface area contributed by atoms with Gasteiger partial charge in [0.05, 0.1) is 5.57 Å². The smallest absolute Gasteiger partial charge is 0.261 e. The summed E-state index contributed by atoms with van der Waals surface area (Å²) in [5, 5.41) is 0.758. The van der Waals surface area contributed by atoms with Crippen LogP contribution in [-0.4, -0.2) is 35.3 Å². The highest BCUT2D eigenvalue weighted by Crippen LogP contribution is 2.36. The van der Waals surface area contributed by atoms with E-state index in [2.05, 4.69) is 37.1 Å². The highest BCUT2D eigenvalue weighted by Gasteiger charge is 2.32. The first kappa shape index (κ1) is 22.0. The summed E-state index contributed by atoms with van der Waals surface area (Å²) in [7, 11) is 0. The van der Waals surface area contributed by atoms with Gasteiger partial charge in [0.1, 0.15) is 5.82 Å². The normalized spacial score (nSPS) is 19.7. The molecule has 0 bridgehead atoms. The number of likely N-dealkylation sites (N-methyl/N-ethyl adjacent to an activating group) is 2. The monoisotopic (exact) mass is 423 g/mol. The Labute approximate surface area is 185 Å². The third-order valence-corrected chi connectivity index (χ3v) is 5.77. The van der Waals surface area contributed by atoms with Crippen molar-refractivity contribution in [2.24, 2.45) is 0 Å². The number of carbonyl (C=O) groups excluding carboxylic acids is 1. The summed E-state index contributed by atoms with van der Waals surface area (Å²) in [6, 6.07) is 6.08. The molecule has 0 aromatic heterocycles. The van der Waals surface area contributed by atoms with Crippen molar-refractivity contribution in [2.45, 2.75) is 33.6 Å². The molecule has 30 heavy (non-hydrogen) atoms. The van der Waals surface area contributed by atoms with Crippen molar-refractivity contribution in [3.05, 3.63) is 89.0 Å². The second-order valence-corrected chi connectivity index (χ2v) is 7.82. The highest BCUT2D eigenvalue weighted by atomic mass is 35.5. The average Bonchev–Trinajstić information content (AvgIpc) is 3.05. The third-order valence-electron chi connectivity index (χ3n) is 5.53. The molecule has 0 N–H and O–H groups in total. The summed E-state index contributed by atoms with van der Waals surface area (Å²) < 4.78 is 0. The molecule has 1 aromatic rings. The summed E-state index contributed by atoms with van der Waals surface area (Å²) in [6.07, 6.45) is 9.81. The van der Waals surface area contributed by atoms with Gasteiger partial charge in [-0.25, -0.2) is 0 Å². The lowest BCUT2D eigenvalue weighted by molar-refractivity contribution is -0.127. The summed E-state index contributed by atoms with van der Waals surface area (Å²) in [6.45, 7) is 16.6. The van der Waals surface area contributed by atoms with Crippen LogP contribution in [0.1, 0.15) is 32.8 Å². The topological polar surface area (TPSA) is 26.8 Å². The first-order valence-electron chi connectivity index (χ1n) is 10.5. The second kappa shape index (κ2) is 9.40. The SMILES string of the molecule is C=C1/C(=C/C=C/C=C2\Cc3ccc(Cl)cc3N2CCC)C(=O)N(CC)C(=C)N1CC. The van der Waals surface area contributed by atoms with E-state index in [9.17, 15) is 4.79 Å². The van der Waals surface area contributed by atoms with Gasteiger partial charge in [0, 0.05) is 48.2 Å². The van der Waals surface area contributed by atoms with Gasteiger partial charge in [-0.15, -0.1) is 0 Å². The van der Waals surface area contributed by atoms with Crippen LogP contribution in [0.5, 0.6) is 0 Å². The molecule has 2 heterocycles. The maximum Gasteiger partial charge on any atom is 0.261 e. The number of nitrogens with zero attached hydrogens (tertiary/aromatic N) is 3. The van der Waals surface area contributed by atoms with Crippen LogP contribution in [0.4, 0.5) is 5.69 Å². The molecule has 3 rings (SSSR count). The number of rotatable bonds is 6. The van der Waals surface area contributed by atoms with Crippen molar-refractivity contribution in [1.29, 1.82) is 0 Å². The fraction of sp³-hybridized carbons (Fsp3) is 0.320. The van der Waals surface area contributed by atoms with E-state index in [0.29, 0.717) is 23.6 Å². The number of anilines is 1. The first-order valence-corrected chi connectivity index (χ1v) is 10.9. The molecule has 1 amide bonds. The number of hydrogen-bond donors (Lipinski definition) is 0. The molecule has 0 radical (unpaired) electrons. The molecule has 1 saturated heterocycles. The number of hydrogen-bond acceptors (Lipinski definition) is 3. The minimum Gasteiger partial charge on any atom is -0.345 e. The van der Waals surface area contributed by atoms with Crippen LogP contribution in [-0.2, 0) is 11.2 Å². The van der Waals surface area contributed by atoms with Crippen LogP contribution in [0.15, 0.2) is 78.4 Å². The lowest BCUT2D eigenvalue weighted by Gasteiger charge is -2.40. The van der Waals surface area contributed by atoms with Crippen molar-refractivity contribution >= 4 is 23.2 Å². The van der Waals surface area contributed by atoms with E-state index in [0.717, 1.165) is 31.0 Å². The molecular formula is C25H30ClN3O. The molecule has 0 unspecified atom stereocenters. The largest absolute Gasteiger partial charge is 0.345 e. The molecule has 0 aliphatic carbocycles. The number of halogens is 1. The summed E-state index contributed by atoms with van der Waals surface area (Å²) in [5.74, 6) is 0.640. The average molecular weight is 424 g/mol. The third kappa shape index (κ3) is 4.10. The zero-order valence-corrected chi connectivity index (χ0v) is 18.9. The van der Waals surface area contributed by atoms with E-state index in [1.54, 1.807) is 4.90 Å². The van der Waals surface area contributed by atoms with Crippen LogP contribution in [0, 0.1) is 0 Å². The van der Waals surface area contributed by atoms with Crippen LogP contribution < -0.4 is 4.90 Å². The van der Waals surface area contributed by atoms with Crippen molar-refractivity contribution in [3.8, 4) is 0 Å². The summed E-state index contributed by atoms with van der Waals surface area (Å²) in [4.78, 5) is 18.8. The van der Waals surface area contributed by atoms with Gasteiger partial charge in [-0.3, -0.25) is 9.69 Å². The Kier molecular flexibility index (Phi) is 6.88. The van der Waals surface area contributed by atoms with Crippen molar-refractivity contribution in [1.82, 2.24) is 9.80 Å². The minimum absolute atomic E-state index is 0.0509. The van der Waals surface area contributed by atoms with E-state index in [1.165, 1.54) is 16.9 Å². The molecule has 158 valence electrons. The van der Waals surface area contributed by atoms with Crippen molar-refractivity contribution in [3.63, 3.8) is 0 Å². The molecule has 5 heteroatoms. The predicted octanol–water partition coefficient (Wildman–Crippen LogP) is 5.65. The lowest BCUT2D eigenvalue weighted by Crippen LogP contribution is -2.45. The summed E-state index contributed by atoms with van der Waals surface area (Å²) in [5.41, 5.74) is 5.01. The Morgan fingerprint density at radius 2 is 1.73 bits per heavy atom. The molecule has 2 aliphatic heterocycles. The number of benzene rings is 1. The number of fused-ring (bicyclic) bond motifs is 1. The molecule has 0 spiro atoms. The quantitative estimate of drug-likeness (QED) is 0.553. The van der Waals surface area contributed by atoms with Gasteiger partial charge in [-0.1, -0.05) is 49.9 Å². The van der Waals surface area contributed by atoms with Gasteiger partial charge >= 0.3 is 0 Å². The van der Waals surface area contributed by atoms with Crippen LogP contribution in [0.3, 0.4) is 0 Å². The van der Waals surface area contributed by atoms with Gasteiger partial charge in [0.15, 0.2) is 0 Å².